The van der Waals surface area contributed by atoms with Crippen LogP contribution in [-0.4, -0.2) is 46.6 Å². The van der Waals surface area contributed by atoms with Crippen molar-refractivity contribution in [2.75, 3.05) is 33.9 Å². The van der Waals surface area contributed by atoms with Crippen LogP contribution in [-0.2, 0) is 14.8 Å². The summed E-state index contributed by atoms with van der Waals surface area (Å²) in [6, 6.07) is 4.68. The molecule has 134 valence electrons. The van der Waals surface area contributed by atoms with Gasteiger partial charge in [0.25, 0.3) is 0 Å². The standard InChI is InChI=1S/C17H24ClNO4S/c1-16(2)9-17(11-22-3)10-19(8-15(16)17)24(20,21)14-7-12(18)5-6-13(14)23-4/h5-7,15H,8-11H2,1-4H3/t15-,17-/m1/s1. The average molecular weight is 374 g/mol. The topological polar surface area (TPSA) is 55.8 Å². The Kier molecular flexibility index (Phi) is 4.40. The third kappa shape index (κ3) is 2.64. The van der Waals surface area contributed by atoms with Gasteiger partial charge in [-0.1, -0.05) is 25.4 Å². The van der Waals surface area contributed by atoms with Crippen molar-refractivity contribution < 1.29 is 17.9 Å². The molecule has 2 fully saturated rings. The van der Waals surface area contributed by atoms with Crippen LogP contribution < -0.4 is 4.74 Å². The molecule has 1 saturated carbocycles. The fourth-order valence-electron chi connectivity index (χ4n) is 4.74. The Hall–Kier alpha value is -0.820. The first kappa shape index (κ1) is 18.0. The Balaban J connectivity index is 1.97. The average Bonchev–Trinajstić information content (AvgIpc) is 2.83. The number of ether oxygens (including phenoxy) is 2. The minimum Gasteiger partial charge on any atom is -0.495 e. The molecule has 3 rings (SSSR count). The van der Waals surface area contributed by atoms with Crippen molar-refractivity contribution in [2.24, 2.45) is 16.7 Å². The van der Waals surface area contributed by atoms with Gasteiger partial charge < -0.3 is 9.47 Å². The smallest absolute Gasteiger partial charge is 0.246 e. The number of methoxy groups -OCH3 is 2. The summed E-state index contributed by atoms with van der Waals surface area (Å²) in [6.45, 7) is 5.96. The molecule has 24 heavy (non-hydrogen) atoms. The van der Waals surface area contributed by atoms with E-state index in [9.17, 15) is 8.42 Å². The number of sulfonamides is 1. The summed E-state index contributed by atoms with van der Waals surface area (Å²) in [7, 11) is -0.529. The van der Waals surface area contributed by atoms with E-state index in [0.29, 0.717) is 36.4 Å². The van der Waals surface area contributed by atoms with Gasteiger partial charge in [-0.15, -0.1) is 0 Å². The van der Waals surface area contributed by atoms with Crippen molar-refractivity contribution in [2.45, 2.75) is 25.2 Å². The predicted octanol–water partition coefficient (Wildman–Crippen LogP) is 3.03. The molecule has 0 unspecified atom stereocenters. The molecule has 7 heteroatoms. The lowest BCUT2D eigenvalue weighted by molar-refractivity contribution is -0.106. The van der Waals surface area contributed by atoms with E-state index in [1.54, 1.807) is 23.5 Å². The van der Waals surface area contributed by atoms with Crippen molar-refractivity contribution in [3.05, 3.63) is 23.2 Å². The fourth-order valence-corrected chi connectivity index (χ4v) is 6.71. The van der Waals surface area contributed by atoms with Gasteiger partial charge in [0.05, 0.1) is 13.7 Å². The predicted molar refractivity (Wildman–Crippen MR) is 93.0 cm³/mol. The number of hydrogen-bond donors (Lipinski definition) is 0. The molecule has 1 saturated heterocycles. The molecule has 0 N–H and O–H groups in total. The summed E-state index contributed by atoms with van der Waals surface area (Å²) in [5, 5.41) is 0.378. The zero-order valence-electron chi connectivity index (χ0n) is 14.5. The first-order valence-corrected chi connectivity index (χ1v) is 9.81. The molecule has 0 spiro atoms. The molecule has 2 aliphatic rings. The molecule has 0 radical (unpaired) electrons. The van der Waals surface area contributed by atoms with Crippen molar-refractivity contribution in [1.29, 1.82) is 0 Å². The van der Waals surface area contributed by atoms with Gasteiger partial charge in [-0.3, -0.25) is 0 Å². The quantitative estimate of drug-likeness (QED) is 0.796. The SMILES string of the molecule is COC[C@@]12CN(S(=O)(=O)c3cc(Cl)ccc3OC)C[C@@H]1C(C)(C)C2. The molecule has 0 amide bonds. The van der Waals surface area contributed by atoms with Crippen molar-refractivity contribution in [3.63, 3.8) is 0 Å². The number of rotatable bonds is 5. The van der Waals surface area contributed by atoms with Crippen LogP contribution in [0, 0.1) is 16.7 Å². The molecular weight excluding hydrogens is 350 g/mol. The van der Waals surface area contributed by atoms with Gasteiger partial charge in [0.1, 0.15) is 10.6 Å². The van der Waals surface area contributed by atoms with Gasteiger partial charge >= 0.3 is 0 Å². The zero-order valence-corrected chi connectivity index (χ0v) is 16.1. The molecule has 5 nitrogen and oxygen atoms in total. The fraction of sp³-hybridized carbons (Fsp3) is 0.647. The maximum absolute atomic E-state index is 13.2. The molecule has 1 aromatic rings. The van der Waals surface area contributed by atoms with E-state index in [0.717, 1.165) is 6.42 Å². The molecule has 1 aromatic carbocycles. The van der Waals surface area contributed by atoms with Crippen molar-refractivity contribution in [1.82, 2.24) is 4.31 Å². The normalized spacial score (nSPS) is 29.1. The minimum absolute atomic E-state index is 0.0862. The van der Waals surface area contributed by atoms with E-state index in [2.05, 4.69) is 13.8 Å². The van der Waals surface area contributed by atoms with Crippen LogP contribution in [0.15, 0.2) is 23.1 Å². The van der Waals surface area contributed by atoms with E-state index in [-0.39, 0.29) is 15.7 Å². The number of nitrogens with zero attached hydrogens (tertiary/aromatic N) is 1. The molecule has 1 aliphatic carbocycles. The van der Waals surface area contributed by atoms with E-state index in [4.69, 9.17) is 21.1 Å². The lowest BCUT2D eigenvalue weighted by Gasteiger charge is -2.56. The third-order valence-corrected chi connectivity index (χ3v) is 7.61. The maximum atomic E-state index is 13.2. The number of hydrogen-bond acceptors (Lipinski definition) is 4. The third-order valence-electron chi connectivity index (χ3n) is 5.54. The molecular formula is C17H24ClNO4S. The Labute approximate surface area is 148 Å². The van der Waals surface area contributed by atoms with Gasteiger partial charge in [0, 0.05) is 30.6 Å². The summed E-state index contributed by atoms with van der Waals surface area (Å²) >= 11 is 6.02. The Bertz CT molecular complexity index is 749. The molecule has 2 atom stereocenters. The molecule has 0 aromatic heterocycles. The molecule has 1 aliphatic heterocycles. The second-order valence-electron chi connectivity index (χ2n) is 7.61. The molecule has 1 heterocycles. The summed E-state index contributed by atoms with van der Waals surface area (Å²) in [6.07, 6.45) is 0.969. The maximum Gasteiger partial charge on any atom is 0.246 e. The highest BCUT2D eigenvalue weighted by Gasteiger charge is 2.64. The Morgan fingerprint density at radius 3 is 2.62 bits per heavy atom. The minimum atomic E-state index is -3.67. The van der Waals surface area contributed by atoms with Crippen molar-refractivity contribution in [3.8, 4) is 5.75 Å². The largest absolute Gasteiger partial charge is 0.495 e. The lowest BCUT2D eigenvalue weighted by Crippen LogP contribution is -2.55. The summed E-state index contributed by atoms with van der Waals surface area (Å²) in [5.41, 5.74) is 0.0400. The first-order chi connectivity index (χ1) is 11.2. The highest BCUT2D eigenvalue weighted by atomic mass is 35.5. The van der Waals surface area contributed by atoms with Crippen LogP contribution in [0.1, 0.15) is 20.3 Å². The van der Waals surface area contributed by atoms with E-state index in [1.165, 1.54) is 13.2 Å². The second kappa shape index (κ2) is 5.87. The van der Waals surface area contributed by atoms with Crippen LogP contribution in [0.3, 0.4) is 0 Å². The van der Waals surface area contributed by atoms with E-state index >= 15 is 0 Å². The Morgan fingerprint density at radius 1 is 1.33 bits per heavy atom. The van der Waals surface area contributed by atoms with Crippen molar-refractivity contribution >= 4 is 21.6 Å². The van der Waals surface area contributed by atoms with E-state index in [1.807, 2.05) is 0 Å². The zero-order chi connectivity index (χ0) is 17.8. The number of benzene rings is 1. The van der Waals surface area contributed by atoms with Gasteiger partial charge in [-0.05, 0) is 36.0 Å². The van der Waals surface area contributed by atoms with Crippen LogP contribution in [0.2, 0.25) is 5.02 Å². The number of fused-ring (bicyclic) bond motifs is 1. The van der Waals surface area contributed by atoms with Gasteiger partial charge in [-0.2, -0.15) is 4.31 Å². The monoisotopic (exact) mass is 373 g/mol. The summed E-state index contributed by atoms with van der Waals surface area (Å²) in [4.78, 5) is 0.129. The number of halogens is 1. The highest BCUT2D eigenvalue weighted by molar-refractivity contribution is 7.89. The summed E-state index contributed by atoms with van der Waals surface area (Å²) < 4.78 is 38.6. The van der Waals surface area contributed by atoms with Crippen LogP contribution in [0.25, 0.3) is 0 Å². The summed E-state index contributed by atoms with van der Waals surface area (Å²) in [5.74, 6) is 0.614. The first-order valence-electron chi connectivity index (χ1n) is 7.99. The van der Waals surface area contributed by atoms with E-state index < -0.39 is 10.0 Å². The second-order valence-corrected chi connectivity index (χ2v) is 9.95. The Morgan fingerprint density at radius 2 is 2.04 bits per heavy atom. The lowest BCUT2D eigenvalue weighted by atomic mass is 9.48. The highest BCUT2D eigenvalue weighted by Crippen LogP contribution is 2.63. The van der Waals surface area contributed by atoms with Gasteiger partial charge in [-0.25, -0.2) is 8.42 Å². The van der Waals surface area contributed by atoms with Gasteiger partial charge in [0.15, 0.2) is 0 Å². The van der Waals surface area contributed by atoms with Gasteiger partial charge in [0.2, 0.25) is 10.0 Å². The molecule has 0 bridgehead atoms. The van der Waals surface area contributed by atoms with Crippen LogP contribution in [0.5, 0.6) is 5.75 Å². The van der Waals surface area contributed by atoms with Crippen LogP contribution in [0.4, 0.5) is 0 Å². The van der Waals surface area contributed by atoms with Crippen LogP contribution >= 0.6 is 11.6 Å².